The van der Waals surface area contributed by atoms with Crippen LogP contribution in [0, 0.1) is 16.0 Å². The van der Waals surface area contributed by atoms with Crippen molar-refractivity contribution in [2.75, 3.05) is 12.4 Å². The van der Waals surface area contributed by atoms with Gasteiger partial charge in [-0.1, -0.05) is 12.2 Å². The number of allylic oxidation sites excluding steroid dienone is 2. The lowest BCUT2D eigenvalue weighted by atomic mass is 9.95. The second kappa shape index (κ2) is 7.83. The van der Waals surface area contributed by atoms with Gasteiger partial charge in [-0.15, -0.1) is 11.8 Å². The van der Waals surface area contributed by atoms with Crippen molar-refractivity contribution in [3.63, 3.8) is 0 Å². The van der Waals surface area contributed by atoms with Crippen LogP contribution in [0.4, 0.5) is 5.69 Å². The fourth-order valence-corrected chi connectivity index (χ4v) is 2.76. The first-order valence-corrected chi connectivity index (χ1v) is 7.81. The highest BCUT2D eigenvalue weighted by molar-refractivity contribution is 8.00. The molecule has 1 atom stereocenters. The van der Waals surface area contributed by atoms with Gasteiger partial charge in [-0.25, -0.2) is 0 Å². The number of thioether (sulfide) groups is 1. The van der Waals surface area contributed by atoms with Crippen molar-refractivity contribution < 1.29 is 14.5 Å². The first kappa shape index (κ1) is 15.6. The number of esters is 1. The van der Waals surface area contributed by atoms with Gasteiger partial charge in [-0.05, 0) is 37.3 Å². The number of nitro benzene ring substituents is 1. The maximum absolute atomic E-state index is 11.7. The van der Waals surface area contributed by atoms with Gasteiger partial charge in [0.15, 0.2) is 0 Å². The van der Waals surface area contributed by atoms with E-state index in [1.807, 2.05) is 0 Å². The lowest BCUT2D eigenvalue weighted by molar-refractivity contribution is -0.384. The van der Waals surface area contributed by atoms with Crippen molar-refractivity contribution in [3.05, 3.63) is 46.5 Å². The Morgan fingerprint density at radius 3 is 2.71 bits per heavy atom. The fourth-order valence-electron chi connectivity index (χ4n) is 2.07. The molecule has 0 spiro atoms. The molecule has 0 N–H and O–H groups in total. The van der Waals surface area contributed by atoms with Gasteiger partial charge in [0.25, 0.3) is 5.69 Å². The van der Waals surface area contributed by atoms with E-state index in [4.69, 9.17) is 4.74 Å². The summed E-state index contributed by atoms with van der Waals surface area (Å²) < 4.78 is 5.26. The molecule has 0 aliphatic heterocycles. The second-order valence-electron chi connectivity index (χ2n) is 4.87. The maximum Gasteiger partial charge on any atom is 0.316 e. The van der Waals surface area contributed by atoms with Crippen LogP contribution in [0.25, 0.3) is 0 Å². The first-order valence-electron chi connectivity index (χ1n) is 6.83. The first-order chi connectivity index (χ1) is 10.1. The van der Waals surface area contributed by atoms with Crippen LogP contribution in [-0.4, -0.2) is 23.3 Å². The highest BCUT2D eigenvalue weighted by Crippen LogP contribution is 2.22. The quantitative estimate of drug-likeness (QED) is 0.264. The SMILES string of the molecule is O=C(CSc1ccc([N+](=O)[O-])cc1)OCC1CC=CCC1. The van der Waals surface area contributed by atoms with Gasteiger partial charge in [0.1, 0.15) is 0 Å². The minimum Gasteiger partial charge on any atom is -0.465 e. The van der Waals surface area contributed by atoms with Crippen molar-refractivity contribution in [1.29, 1.82) is 0 Å². The molecule has 1 aliphatic rings. The number of carbonyl (C=O) groups excluding carboxylic acids is 1. The van der Waals surface area contributed by atoms with Crippen LogP contribution in [0.15, 0.2) is 41.3 Å². The van der Waals surface area contributed by atoms with E-state index in [2.05, 4.69) is 12.2 Å². The van der Waals surface area contributed by atoms with Gasteiger partial charge in [0.05, 0.1) is 17.3 Å². The highest BCUT2D eigenvalue weighted by Gasteiger charge is 2.13. The summed E-state index contributed by atoms with van der Waals surface area (Å²) >= 11 is 1.32. The molecular weight excluding hydrogens is 290 g/mol. The molecule has 6 heteroatoms. The van der Waals surface area contributed by atoms with E-state index in [1.165, 1.54) is 23.9 Å². The topological polar surface area (TPSA) is 69.4 Å². The number of rotatable bonds is 6. The summed E-state index contributed by atoms with van der Waals surface area (Å²) in [5.41, 5.74) is 0.0484. The van der Waals surface area contributed by atoms with Crippen LogP contribution < -0.4 is 0 Å². The minimum absolute atomic E-state index is 0.0484. The summed E-state index contributed by atoms with van der Waals surface area (Å²) in [7, 11) is 0. The summed E-state index contributed by atoms with van der Waals surface area (Å²) in [6.07, 6.45) is 7.39. The Morgan fingerprint density at radius 2 is 2.10 bits per heavy atom. The predicted molar refractivity (Wildman–Crippen MR) is 81.3 cm³/mol. The third-order valence-corrected chi connectivity index (χ3v) is 4.25. The molecule has 2 rings (SSSR count). The van der Waals surface area contributed by atoms with E-state index in [9.17, 15) is 14.9 Å². The zero-order chi connectivity index (χ0) is 15.1. The maximum atomic E-state index is 11.7. The van der Waals surface area contributed by atoms with Gasteiger partial charge in [0, 0.05) is 17.0 Å². The molecule has 112 valence electrons. The number of hydrogen-bond acceptors (Lipinski definition) is 5. The van der Waals surface area contributed by atoms with Gasteiger partial charge in [0.2, 0.25) is 0 Å². The van der Waals surface area contributed by atoms with Crippen molar-refractivity contribution in [3.8, 4) is 0 Å². The van der Waals surface area contributed by atoms with Crippen molar-refractivity contribution >= 4 is 23.4 Å². The highest BCUT2D eigenvalue weighted by atomic mass is 32.2. The van der Waals surface area contributed by atoms with Gasteiger partial charge < -0.3 is 4.74 Å². The number of non-ortho nitro benzene ring substituents is 1. The molecule has 0 radical (unpaired) electrons. The summed E-state index contributed by atoms with van der Waals surface area (Å²) in [6, 6.07) is 6.15. The fraction of sp³-hybridized carbons (Fsp3) is 0.400. The summed E-state index contributed by atoms with van der Waals surface area (Å²) in [5, 5.41) is 10.5. The average Bonchev–Trinajstić information content (AvgIpc) is 2.52. The van der Waals surface area contributed by atoms with Gasteiger partial charge >= 0.3 is 5.97 Å². The molecule has 0 fully saturated rings. The molecular formula is C15H17NO4S. The molecule has 21 heavy (non-hydrogen) atoms. The molecule has 0 aromatic heterocycles. The zero-order valence-corrected chi connectivity index (χ0v) is 12.4. The molecule has 1 aliphatic carbocycles. The lowest BCUT2D eigenvalue weighted by Crippen LogP contribution is -2.16. The largest absolute Gasteiger partial charge is 0.465 e. The molecule has 0 saturated heterocycles. The van der Waals surface area contributed by atoms with Crippen molar-refractivity contribution in [2.24, 2.45) is 5.92 Å². The van der Waals surface area contributed by atoms with E-state index in [-0.39, 0.29) is 17.4 Å². The normalized spacial score (nSPS) is 17.4. The monoisotopic (exact) mass is 307 g/mol. The van der Waals surface area contributed by atoms with Crippen LogP contribution in [0.2, 0.25) is 0 Å². The van der Waals surface area contributed by atoms with E-state index in [0.717, 1.165) is 24.2 Å². The Labute approximate surface area is 127 Å². The summed E-state index contributed by atoms with van der Waals surface area (Å²) in [5.74, 6) is 0.414. The number of nitrogens with zero attached hydrogens (tertiary/aromatic N) is 1. The van der Waals surface area contributed by atoms with E-state index in [1.54, 1.807) is 12.1 Å². The van der Waals surface area contributed by atoms with E-state index in [0.29, 0.717) is 12.5 Å². The van der Waals surface area contributed by atoms with Crippen molar-refractivity contribution in [2.45, 2.75) is 24.2 Å². The van der Waals surface area contributed by atoms with E-state index >= 15 is 0 Å². The Balaban J connectivity index is 1.70. The lowest BCUT2D eigenvalue weighted by Gasteiger charge is -2.17. The number of benzene rings is 1. The summed E-state index contributed by atoms with van der Waals surface area (Å²) in [4.78, 5) is 22.6. The number of hydrogen-bond donors (Lipinski definition) is 0. The molecule has 1 aromatic carbocycles. The third-order valence-electron chi connectivity index (χ3n) is 3.26. The molecule has 0 bridgehead atoms. The Bertz CT molecular complexity index is 527. The van der Waals surface area contributed by atoms with Crippen LogP contribution in [-0.2, 0) is 9.53 Å². The molecule has 1 unspecified atom stereocenters. The Hall–Kier alpha value is -1.82. The molecule has 0 saturated carbocycles. The second-order valence-corrected chi connectivity index (χ2v) is 5.92. The minimum atomic E-state index is -0.443. The van der Waals surface area contributed by atoms with E-state index < -0.39 is 4.92 Å². The smallest absolute Gasteiger partial charge is 0.316 e. The average molecular weight is 307 g/mol. The molecule has 0 heterocycles. The van der Waals surface area contributed by atoms with Crippen LogP contribution in [0.3, 0.4) is 0 Å². The van der Waals surface area contributed by atoms with Gasteiger partial charge in [-0.2, -0.15) is 0 Å². The van der Waals surface area contributed by atoms with Crippen molar-refractivity contribution in [1.82, 2.24) is 0 Å². The zero-order valence-electron chi connectivity index (χ0n) is 11.6. The van der Waals surface area contributed by atoms with Crippen LogP contribution in [0.1, 0.15) is 19.3 Å². The number of carbonyl (C=O) groups is 1. The van der Waals surface area contributed by atoms with Gasteiger partial charge in [-0.3, -0.25) is 14.9 Å². The van der Waals surface area contributed by atoms with Crippen LogP contribution >= 0.6 is 11.8 Å². The molecule has 1 aromatic rings. The molecule has 0 amide bonds. The predicted octanol–water partition coefficient (Wildman–Crippen LogP) is 3.59. The Kier molecular flexibility index (Phi) is 5.80. The molecule has 5 nitrogen and oxygen atoms in total. The number of ether oxygens (including phenoxy) is 1. The van der Waals surface area contributed by atoms with Crippen LogP contribution in [0.5, 0.6) is 0 Å². The third kappa shape index (κ3) is 5.23. The summed E-state index contributed by atoms with van der Waals surface area (Å²) in [6.45, 7) is 0.476. The Morgan fingerprint density at radius 1 is 1.33 bits per heavy atom. The number of nitro groups is 1. The standard InChI is InChI=1S/C15H17NO4S/c17-15(20-10-12-4-2-1-3-5-12)11-21-14-8-6-13(7-9-14)16(18)19/h1-2,6-9,12H,3-5,10-11H2.